The minimum Gasteiger partial charge on any atom is -0.496 e. The van der Waals surface area contributed by atoms with Crippen LogP contribution in [-0.4, -0.2) is 18.0 Å². The zero-order valence-electron chi connectivity index (χ0n) is 10.9. The van der Waals surface area contributed by atoms with E-state index in [1.165, 1.54) is 12.4 Å². The third-order valence-electron chi connectivity index (χ3n) is 2.82. The van der Waals surface area contributed by atoms with Gasteiger partial charge in [-0.1, -0.05) is 17.7 Å². The van der Waals surface area contributed by atoms with Crippen molar-refractivity contribution in [3.05, 3.63) is 52.8 Å². The second kappa shape index (κ2) is 6.25. The number of benzene rings is 1. The molecule has 104 valence electrons. The van der Waals surface area contributed by atoms with E-state index in [0.717, 1.165) is 0 Å². The quantitative estimate of drug-likeness (QED) is 0.906. The van der Waals surface area contributed by atoms with Crippen LogP contribution in [0.4, 0.5) is 5.69 Å². The molecule has 0 bridgehead atoms. The third-order valence-corrected chi connectivity index (χ3v) is 3.18. The van der Waals surface area contributed by atoms with Crippen LogP contribution in [0, 0.1) is 0 Å². The molecule has 2 rings (SSSR count). The summed E-state index contributed by atoms with van der Waals surface area (Å²) in [5.74, 6) is 0.314. The number of aromatic nitrogens is 1. The first kappa shape index (κ1) is 14.1. The van der Waals surface area contributed by atoms with Crippen LogP contribution in [0.15, 0.2) is 36.7 Å². The van der Waals surface area contributed by atoms with Gasteiger partial charge in [-0.05, 0) is 18.2 Å². The lowest BCUT2D eigenvalue weighted by molar-refractivity contribution is 0.0951. The van der Waals surface area contributed by atoms with E-state index in [4.69, 9.17) is 22.1 Å². The molecule has 0 aliphatic rings. The number of carbonyl (C=O) groups is 1. The standard InChI is InChI=1S/C14H14ClN3O2/c1-20-13-4-2-3-11(15)9(13)8-18-14(19)10-7-17-6-5-12(10)16/h2-7H,8H2,1H3,(H2,16,17)(H,18,19). The van der Waals surface area contributed by atoms with E-state index in [1.54, 1.807) is 31.4 Å². The van der Waals surface area contributed by atoms with Crippen molar-refractivity contribution in [1.82, 2.24) is 10.3 Å². The topological polar surface area (TPSA) is 77.2 Å². The molecule has 0 spiro atoms. The van der Waals surface area contributed by atoms with Gasteiger partial charge in [0, 0.05) is 35.2 Å². The fourth-order valence-corrected chi connectivity index (χ4v) is 1.99. The molecule has 0 fully saturated rings. The van der Waals surface area contributed by atoms with Crippen molar-refractivity contribution < 1.29 is 9.53 Å². The molecule has 0 saturated heterocycles. The first-order valence-electron chi connectivity index (χ1n) is 5.92. The van der Waals surface area contributed by atoms with Gasteiger partial charge in [-0.2, -0.15) is 0 Å². The van der Waals surface area contributed by atoms with E-state index in [2.05, 4.69) is 10.3 Å². The van der Waals surface area contributed by atoms with Gasteiger partial charge in [0.15, 0.2) is 0 Å². The van der Waals surface area contributed by atoms with Gasteiger partial charge >= 0.3 is 0 Å². The summed E-state index contributed by atoms with van der Waals surface area (Å²) in [5.41, 5.74) is 7.15. The first-order valence-corrected chi connectivity index (χ1v) is 6.30. The summed E-state index contributed by atoms with van der Waals surface area (Å²) in [7, 11) is 1.55. The Hall–Kier alpha value is -2.27. The summed E-state index contributed by atoms with van der Waals surface area (Å²) in [6.07, 6.45) is 2.96. The molecule has 1 heterocycles. The molecule has 2 aromatic rings. The Morgan fingerprint density at radius 2 is 2.25 bits per heavy atom. The van der Waals surface area contributed by atoms with Crippen LogP contribution in [0.3, 0.4) is 0 Å². The summed E-state index contributed by atoms with van der Waals surface area (Å²) in [5, 5.41) is 3.28. The summed E-state index contributed by atoms with van der Waals surface area (Å²) in [6.45, 7) is 0.246. The van der Waals surface area contributed by atoms with Gasteiger partial charge in [0.1, 0.15) is 5.75 Å². The van der Waals surface area contributed by atoms with Crippen molar-refractivity contribution in [2.45, 2.75) is 6.54 Å². The predicted molar refractivity (Wildman–Crippen MR) is 77.8 cm³/mol. The van der Waals surface area contributed by atoms with Crippen LogP contribution >= 0.6 is 11.6 Å². The fourth-order valence-electron chi connectivity index (χ4n) is 1.76. The molecule has 0 atom stereocenters. The van der Waals surface area contributed by atoms with Crippen LogP contribution < -0.4 is 15.8 Å². The van der Waals surface area contributed by atoms with Gasteiger partial charge in [0.2, 0.25) is 0 Å². The molecule has 0 unspecified atom stereocenters. The average Bonchev–Trinajstić information content (AvgIpc) is 2.46. The normalized spacial score (nSPS) is 10.1. The Bertz CT molecular complexity index is 632. The van der Waals surface area contributed by atoms with Crippen LogP contribution in [-0.2, 0) is 6.54 Å². The molecule has 20 heavy (non-hydrogen) atoms. The van der Waals surface area contributed by atoms with Crippen molar-refractivity contribution in [3.8, 4) is 5.75 Å². The largest absolute Gasteiger partial charge is 0.496 e. The number of hydrogen-bond acceptors (Lipinski definition) is 4. The summed E-state index contributed by atoms with van der Waals surface area (Å²) >= 11 is 6.10. The molecule has 0 aliphatic carbocycles. The fraction of sp³-hybridized carbons (Fsp3) is 0.143. The van der Waals surface area contributed by atoms with Crippen molar-refractivity contribution in [3.63, 3.8) is 0 Å². The Labute approximate surface area is 121 Å². The van der Waals surface area contributed by atoms with Crippen molar-refractivity contribution >= 4 is 23.2 Å². The second-order valence-corrected chi connectivity index (χ2v) is 4.47. The van der Waals surface area contributed by atoms with Gasteiger partial charge in [-0.15, -0.1) is 0 Å². The highest BCUT2D eigenvalue weighted by Crippen LogP contribution is 2.26. The van der Waals surface area contributed by atoms with Gasteiger partial charge < -0.3 is 15.8 Å². The van der Waals surface area contributed by atoms with Gasteiger partial charge in [-0.3, -0.25) is 9.78 Å². The molecule has 0 aliphatic heterocycles. The van der Waals surface area contributed by atoms with E-state index >= 15 is 0 Å². The SMILES string of the molecule is COc1cccc(Cl)c1CNC(=O)c1cnccc1N. The molecular formula is C14H14ClN3O2. The number of anilines is 1. The highest BCUT2D eigenvalue weighted by molar-refractivity contribution is 6.31. The number of nitrogen functional groups attached to an aromatic ring is 1. The molecule has 1 amide bonds. The number of nitrogens with two attached hydrogens (primary N) is 1. The molecular weight excluding hydrogens is 278 g/mol. The number of nitrogens with zero attached hydrogens (tertiary/aromatic N) is 1. The van der Waals surface area contributed by atoms with E-state index in [9.17, 15) is 4.79 Å². The van der Waals surface area contributed by atoms with Crippen LogP contribution in [0.2, 0.25) is 5.02 Å². The van der Waals surface area contributed by atoms with E-state index in [-0.39, 0.29) is 12.5 Å². The second-order valence-electron chi connectivity index (χ2n) is 4.07. The number of hydrogen-bond donors (Lipinski definition) is 2. The molecule has 3 N–H and O–H groups in total. The Morgan fingerprint density at radius 1 is 1.45 bits per heavy atom. The number of amides is 1. The molecule has 5 nitrogen and oxygen atoms in total. The number of pyridine rings is 1. The predicted octanol–water partition coefficient (Wildman–Crippen LogP) is 2.26. The Morgan fingerprint density at radius 3 is 2.95 bits per heavy atom. The first-order chi connectivity index (χ1) is 9.63. The zero-order valence-corrected chi connectivity index (χ0v) is 11.6. The minimum atomic E-state index is -0.308. The lowest BCUT2D eigenvalue weighted by Gasteiger charge is -2.12. The Balaban J connectivity index is 2.14. The maximum absolute atomic E-state index is 12.0. The van der Waals surface area contributed by atoms with E-state index in [0.29, 0.717) is 27.6 Å². The van der Waals surface area contributed by atoms with E-state index < -0.39 is 0 Å². The van der Waals surface area contributed by atoms with E-state index in [1.807, 2.05) is 0 Å². The van der Waals surface area contributed by atoms with Gasteiger partial charge in [-0.25, -0.2) is 0 Å². The van der Waals surface area contributed by atoms with Crippen molar-refractivity contribution in [2.24, 2.45) is 0 Å². The summed E-state index contributed by atoms with van der Waals surface area (Å²) in [6, 6.07) is 6.88. The number of rotatable bonds is 4. The molecule has 6 heteroatoms. The minimum absolute atomic E-state index is 0.246. The molecule has 0 radical (unpaired) electrons. The van der Waals surface area contributed by atoms with Crippen molar-refractivity contribution in [1.29, 1.82) is 0 Å². The number of ether oxygens (including phenoxy) is 1. The lowest BCUT2D eigenvalue weighted by Crippen LogP contribution is -2.24. The number of halogens is 1. The van der Waals surface area contributed by atoms with Crippen LogP contribution in [0.1, 0.15) is 15.9 Å². The molecule has 1 aromatic heterocycles. The number of methoxy groups -OCH3 is 1. The maximum atomic E-state index is 12.0. The number of nitrogens with one attached hydrogen (secondary N) is 1. The van der Waals surface area contributed by atoms with Crippen molar-refractivity contribution in [2.75, 3.05) is 12.8 Å². The van der Waals surface area contributed by atoms with Crippen LogP contribution in [0.5, 0.6) is 5.75 Å². The Kier molecular flexibility index (Phi) is 4.42. The smallest absolute Gasteiger partial charge is 0.255 e. The third kappa shape index (κ3) is 3.00. The van der Waals surface area contributed by atoms with Crippen LogP contribution in [0.25, 0.3) is 0 Å². The van der Waals surface area contributed by atoms with Gasteiger partial charge in [0.25, 0.3) is 5.91 Å². The highest BCUT2D eigenvalue weighted by atomic mass is 35.5. The highest BCUT2D eigenvalue weighted by Gasteiger charge is 2.12. The van der Waals surface area contributed by atoms with Gasteiger partial charge in [0.05, 0.1) is 12.7 Å². The molecule has 0 saturated carbocycles. The summed E-state index contributed by atoms with van der Waals surface area (Å²) < 4.78 is 5.22. The molecule has 1 aromatic carbocycles. The summed E-state index contributed by atoms with van der Waals surface area (Å²) in [4.78, 5) is 15.9. The monoisotopic (exact) mass is 291 g/mol. The maximum Gasteiger partial charge on any atom is 0.255 e. The lowest BCUT2D eigenvalue weighted by atomic mass is 10.2. The number of carbonyl (C=O) groups excluding carboxylic acids is 1. The zero-order chi connectivity index (χ0) is 14.5. The average molecular weight is 292 g/mol.